The van der Waals surface area contributed by atoms with Gasteiger partial charge in [-0.25, -0.2) is 14.8 Å². The number of esters is 1. The van der Waals surface area contributed by atoms with Gasteiger partial charge in [-0.05, 0) is 49.2 Å². The highest BCUT2D eigenvalue weighted by Gasteiger charge is 2.25. The summed E-state index contributed by atoms with van der Waals surface area (Å²) in [5, 5.41) is 2.68. The lowest BCUT2D eigenvalue weighted by Gasteiger charge is -2.16. The van der Waals surface area contributed by atoms with Gasteiger partial charge >= 0.3 is 5.97 Å². The van der Waals surface area contributed by atoms with Gasteiger partial charge in [-0.2, -0.15) is 0 Å². The second-order valence-electron chi connectivity index (χ2n) is 7.04. The molecule has 0 saturated heterocycles. The van der Waals surface area contributed by atoms with Crippen molar-refractivity contribution in [3.63, 3.8) is 0 Å². The van der Waals surface area contributed by atoms with Crippen LogP contribution in [0.5, 0.6) is 0 Å². The molecule has 156 valence electrons. The number of oxazole rings is 1. The third kappa shape index (κ3) is 4.45. The summed E-state index contributed by atoms with van der Waals surface area (Å²) in [4.78, 5) is 34.2. The van der Waals surface area contributed by atoms with Crippen LogP contribution in [0.25, 0.3) is 22.6 Å². The highest BCUT2D eigenvalue weighted by Crippen LogP contribution is 2.27. The minimum absolute atomic E-state index is 0.272. The Balaban J connectivity index is 1.55. The summed E-state index contributed by atoms with van der Waals surface area (Å²) >= 11 is 0. The molecule has 1 unspecified atom stereocenters. The summed E-state index contributed by atoms with van der Waals surface area (Å²) < 4.78 is 11.3. The number of nitrogens with zero attached hydrogens (tertiary/aromatic N) is 2. The van der Waals surface area contributed by atoms with Gasteiger partial charge in [0.2, 0.25) is 5.89 Å². The van der Waals surface area contributed by atoms with E-state index in [1.54, 1.807) is 43.5 Å². The molecule has 31 heavy (non-hydrogen) atoms. The lowest BCUT2D eigenvalue weighted by Crippen LogP contribution is -2.32. The number of fused-ring (bicyclic) bond motifs is 1. The molecule has 4 rings (SSSR count). The summed E-state index contributed by atoms with van der Waals surface area (Å²) in [5.74, 6) is -0.352. The van der Waals surface area contributed by atoms with Crippen LogP contribution < -0.4 is 5.32 Å². The minimum Gasteiger partial charge on any atom is -0.449 e. The number of pyridine rings is 1. The lowest BCUT2D eigenvalue weighted by atomic mass is 10.1. The van der Waals surface area contributed by atoms with E-state index in [9.17, 15) is 9.59 Å². The number of nitrogens with one attached hydrogen (secondary N) is 1. The maximum absolute atomic E-state index is 12.9. The highest BCUT2D eigenvalue weighted by atomic mass is 16.5. The number of ether oxygens (including phenoxy) is 1. The van der Waals surface area contributed by atoms with Gasteiger partial charge in [-0.3, -0.25) is 4.79 Å². The number of amides is 1. The molecule has 0 aliphatic rings. The van der Waals surface area contributed by atoms with E-state index in [1.807, 2.05) is 37.3 Å². The van der Waals surface area contributed by atoms with E-state index in [2.05, 4.69) is 15.3 Å². The third-order valence-electron chi connectivity index (χ3n) is 4.75. The largest absolute Gasteiger partial charge is 0.449 e. The Morgan fingerprint density at radius 1 is 1.06 bits per heavy atom. The average molecular weight is 415 g/mol. The molecule has 1 atom stereocenters. The van der Waals surface area contributed by atoms with Crippen molar-refractivity contribution in [1.82, 2.24) is 9.97 Å². The third-order valence-corrected chi connectivity index (χ3v) is 4.75. The second-order valence-corrected chi connectivity index (χ2v) is 7.04. The van der Waals surface area contributed by atoms with Crippen LogP contribution >= 0.6 is 0 Å². The number of hydrogen-bond donors (Lipinski definition) is 1. The standard InChI is InChI=1S/C24H21N3O4/c1-3-19(22(28)27-21-13-12-15(2)14-25-21)31-24(29)17-9-5-4-8-16(17)23-26-18-10-6-7-11-20(18)30-23/h4-14,19H,3H2,1-2H3,(H,25,27,28). The predicted molar refractivity (Wildman–Crippen MR) is 117 cm³/mol. The van der Waals surface area contributed by atoms with Crippen molar-refractivity contribution in [2.75, 3.05) is 5.32 Å². The van der Waals surface area contributed by atoms with Crippen molar-refractivity contribution in [2.45, 2.75) is 26.4 Å². The van der Waals surface area contributed by atoms with E-state index in [1.165, 1.54) is 0 Å². The molecule has 0 spiro atoms. The van der Waals surface area contributed by atoms with Crippen LogP contribution in [-0.4, -0.2) is 27.9 Å². The number of aryl methyl sites for hydroxylation is 1. The van der Waals surface area contributed by atoms with Crippen molar-refractivity contribution in [3.05, 3.63) is 78.0 Å². The van der Waals surface area contributed by atoms with Gasteiger partial charge in [0.05, 0.1) is 11.1 Å². The first-order valence-electron chi connectivity index (χ1n) is 9.94. The molecular weight excluding hydrogens is 394 g/mol. The van der Waals surface area contributed by atoms with E-state index < -0.39 is 18.0 Å². The number of para-hydroxylation sites is 2. The Morgan fingerprint density at radius 2 is 1.84 bits per heavy atom. The second kappa shape index (κ2) is 8.79. The van der Waals surface area contributed by atoms with E-state index in [0.717, 1.165) is 5.56 Å². The zero-order valence-electron chi connectivity index (χ0n) is 17.2. The zero-order valence-corrected chi connectivity index (χ0v) is 17.2. The molecule has 4 aromatic rings. The first-order valence-corrected chi connectivity index (χ1v) is 9.94. The summed E-state index contributed by atoms with van der Waals surface area (Å²) in [6.45, 7) is 3.68. The maximum atomic E-state index is 12.9. The summed E-state index contributed by atoms with van der Waals surface area (Å²) in [6.07, 6.45) is 1.00. The molecule has 0 radical (unpaired) electrons. The van der Waals surface area contributed by atoms with Crippen LogP contribution in [-0.2, 0) is 9.53 Å². The molecule has 0 aliphatic carbocycles. The van der Waals surface area contributed by atoms with Gasteiger partial charge < -0.3 is 14.5 Å². The van der Waals surface area contributed by atoms with E-state index in [4.69, 9.17) is 9.15 Å². The van der Waals surface area contributed by atoms with E-state index >= 15 is 0 Å². The predicted octanol–water partition coefficient (Wildman–Crippen LogP) is 4.77. The number of aromatic nitrogens is 2. The molecule has 1 N–H and O–H groups in total. The van der Waals surface area contributed by atoms with Crippen LogP contribution in [0.1, 0.15) is 29.3 Å². The van der Waals surface area contributed by atoms with Crippen molar-refractivity contribution in [1.29, 1.82) is 0 Å². The fourth-order valence-corrected chi connectivity index (χ4v) is 3.10. The Labute approximate surface area is 179 Å². The lowest BCUT2D eigenvalue weighted by molar-refractivity contribution is -0.124. The topological polar surface area (TPSA) is 94.3 Å². The van der Waals surface area contributed by atoms with E-state index in [-0.39, 0.29) is 5.56 Å². The Kier molecular flexibility index (Phi) is 5.75. The number of hydrogen-bond acceptors (Lipinski definition) is 6. The molecule has 2 heterocycles. The number of carbonyl (C=O) groups is 2. The maximum Gasteiger partial charge on any atom is 0.339 e. The van der Waals surface area contributed by atoms with Crippen LogP contribution in [0.4, 0.5) is 5.82 Å². The van der Waals surface area contributed by atoms with Gasteiger partial charge in [-0.1, -0.05) is 37.3 Å². The Bertz CT molecular complexity index is 1200. The number of carbonyl (C=O) groups excluding carboxylic acids is 2. The quantitative estimate of drug-likeness (QED) is 0.456. The summed E-state index contributed by atoms with van der Waals surface area (Å²) in [5.41, 5.74) is 3.06. The van der Waals surface area contributed by atoms with Gasteiger partial charge in [0, 0.05) is 6.20 Å². The summed E-state index contributed by atoms with van der Waals surface area (Å²) in [7, 11) is 0. The molecule has 7 nitrogen and oxygen atoms in total. The van der Waals surface area contributed by atoms with Crippen LogP contribution in [0.3, 0.4) is 0 Å². The highest BCUT2D eigenvalue weighted by molar-refractivity contribution is 6.00. The SMILES string of the molecule is CCC(OC(=O)c1ccccc1-c1nc2ccccc2o1)C(=O)Nc1ccc(C)cn1. The fraction of sp³-hybridized carbons (Fsp3) is 0.167. The summed E-state index contributed by atoms with van der Waals surface area (Å²) in [6, 6.07) is 17.8. The molecule has 0 fully saturated rings. The van der Waals surface area contributed by atoms with Crippen LogP contribution in [0.2, 0.25) is 0 Å². The van der Waals surface area contributed by atoms with Gasteiger partial charge in [0.1, 0.15) is 11.3 Å². The van der Waals surface area contributed by atoms with Crippen molar-refractivity contribution in [3.8, 4) is 11.5 Å². The monoisotopic (exact) mass is 415 g/mol. The van der Waals surface area contributed by atoms with Gasteiger partial charge in [0.25, 0.3) is 5.91 Å². The van der Waals surface area contributed by atoms with Gasteiger partial charge in [0.15, 0.2) is 11.7 Å². The normalized spacial score (nSPS) is 11.8. The molecule has 0 saturated carbocycles. The molecule has 0 aliphatic heterocycles. The first kappa shape index (κ1) is 20.3. The zero-order chi connectivity index (χ0) is 21.8. The molecule has 2 aromatic heterocycles. The van der Waals surface area contributed by atoms with Crippen molar-refractivity contribution < 1.29 is 18.7 Å². The number of anilines is 1. The van der Waals surface area contributed by atoms with Crippen molar-refractivity contribution in [2.24, 2.45) is 0 Å². The fourth-order valence-electron chi connectivity index (χ4n) is 3.10. The minimum atomic E-state index is -0.965. The van der Waals surface area contributed by atoms with E-state index in [0.29, 0.717) is 34.8 Å². The average Bonchev–Trinajstić information content (AvgIpc) is 3.23. The Morgan fingerprint density at radius 3 is 2.58 bits per heavy atom. The molecular formula is C24H21N3O4. The smallest absolute Gasteiger partial charge is 0.339 e. The molecule has 1 amide bonds. The van der Waals surface area contributed by atoms with Gasteiger partial charge in [-0.15, -0.1) is 0 Å². The van der Waals surface area contributed by atoms with Crippen molar-refractivity contribution >= 4 is 28.8 Å². The van der Waals surface area contributed by atoms with Crippen LogP contribution in [0, 0.1) is 6.92 Å². The Hall–Kier alpha value is -4.00. The first-order chi connectivity index (χ1) is 15.0. The van der Waals surface area contributed by atoms with Crippen LogP contribution in [0.15, 0.2) is 71.3 Å². The molecule has 7 heteroatoms. The molecule has 0 bridgehead atoms. The number of rotatable bonds is 6. The molecule has 2 aromatic carbocycles. The number of benzene rings is 2.